The minimum absolute atomic E-state index is 0.223. The maximum atomic E-state index is 12.3. The second kappa shape index (κ2) is 9.65. The molecule has 0 unspecified atom stereocenters. The maximum Gasteiger partial charge on any atom is 0.363 e. The summed E-state index contributed by atoms with van der Waals surface area (Å²) in [4.78, 5) is 16.6. The first-order valence-electron chi connectivity index (χ1n) is 9.37. The van der Waals surface area contributed by atoms with Gasteiger partial charge in [-0.25, -0.2) is 9.79 Å². The number of hydrogen-bond acceptors (Lipinski definition) is 5. The average molecular weight is 590 g/mol. The summed E-state index contributed by atoms with van der Waals surface area (Å²) in [5.41, 5.74) is 2.78. The van der Waals surface area contributed by atoms with Crippen molar-refractivity contribution in [1.82, 2.24) is 0 Å². The lowest BCUT2D eigenvalue weighted by molar-refractivity contribution is -0.129. The van der Waals surface area contributed by atoms with Crippen molar-refractivity contribution < 1.29 is 19.0 Å². The Bertz CT molecular complexity index is 1190. The van der Waals surface area contributed by atoms with E-state index < -0.39 is 5.97 Å². The third kappa shape index (κ3) is 4.99. The smallest absolute Gasteiger partial charge is 0.363 e. The molecule has 0 fully saturated rings. The molecule has 3 aromatic rings. The van der Waals surface area contributed by atoms with E-state index in [1.54, 1.807) is 19.3 Å². The fraction of sp³-hybridized carbons (Fsp3) is 0.0833. The zero-order valence-electron chi connectivity index (χ0n) is 16.5. The first-order valence-corrected chi connectivity index (χ1v) is 11.2. The highest BCUT2D eigenvalue weighted by Gasteiger charge is 2.24. The van der Waals surface area contributed by atoms with Gasteiger partial charge in [0.15, 0.2) is 17.2 Å². The predicted octanol–water partition coefficient (Wildman–Crippen LogP) is 5.99. The quantitative estimate of drug-likeness (QED) is 0.201. The zero-order chi connectivity index (χ0) is 21.8. The Morgan fingerprint density at radius 2 is 1.84 bits per heavy atom. The Hall–Kier alpha value is -2.65. The molecule has 0 radical (unpaired) electrons. The van der Waals surface area contributed by atoms with Crippen LogP contribution < -0.4 is 9.47 Å². The summed E-state index contributed by atoms with van der Waals surface area (Å²) in [5.74, 6) is 0.936. The van der Waals surface area contributed by atoms with E-state index in [1.807, 2.05) is 60.7 Å². The number of methoxy groups -OCH3 is 1. The van der Waals surface area contributed by atoms with Gasteiger partial charge in [0.2, 0.25) is 5.90 Å². The van der Waals surface area contributed by atoms with Gasteiger partial charge < -0.3 is 14.2 Å². The number of nitrogens with zero attached hydrogens (tertiary/aromatic N) is 1. The van der Waals surface area contributed by atoms with Crippen LogP contribution >= 0.6 is 38.5 Å². The molecular formula is C24H17BrINO4. The van der Waals surface area contributed by atoms with E-state index >= 15 is 0 Å². The number of benzene rings is 3. The molecule has 0 aromatic heterocycles. The van der Waals surface area contributed by atoms with Crippen molar-refractivity contribution in [2.75, 3.05) is 7.11 Å². The monoisotopic (exact) mass is 589 g/mol. The molecule has 1 aliphatic heterocycles. The summed E-state index contributed by atoms with van der Waals surface area (Å²) < 4.78 is 18.7. The highest BCUT2D eigenvalue weighted by Crippen LogP contribution is 2.38. The first kappa shape index (κ1) is 21.6. The second-order valence-corrected chi connectivity index (χ2v) is 8.63. The van der Waals surface area contributed by atoms with Crippen LogP contribution in [0.25, 0.3) is 6.08 Å². The summed E-state index contributed by atoms with van der Waals surface area (Å²) in [6, 6.07) is 21.0. The molecule has 7 heteroatoms. The molecule has 0 atom stereocenters. The van der Waals surface area contributed by atoms with Gasteiger partial charge in [-0.05, 0) is 80.5 Å². The summed E-state index contributed by atoms with van der Waals surface area (Å²) in [6.45, 7) is 0.408. The molecule has 0 aliphatic carbocycles. The molecule has 1 aliphatic rings. The van der Waals surface area contributed by atoms with E-state index in [0.717, 1.165) is 20.3 Å². The summed E-state index contributed by atoms with van der Waals surface area (Å²) in [6.07, 6.45) is 1.66. The van der Waals surface area contributed by atoms with Gasteiger partial charge in [0.1, 0.15) is 6.61 Å². The number of carbonyl (C=O) groups is 1. The highest BCUT2D eigenvalue weighted by molar-refractivity contribution is 14.1. The van der Waals surface area contributed by atoms with Crippen molar-refractivity contribution in [3.63, 3.8) is 0 Å². The lowest BCUT2D eigenvalue weighted by Crippen LogP contribution is -2.05. The number of ether oxygens (including phenoxy) is 3. The predicted molar refractivity (Wildman–Crippen MR) is 131 cm³/mol. The maximum absolute atomic E-state index is 12.3. The lowest BCUT2D eigenvalue weighted by Gasteiger charge is -2.14. The van der Waals surface area contributed by atoms with Gasteiger partial charge >= 0.3 is 5.97 Å². The standard InChI is InChI=1S/C24H17BrINO4/c1-29-21-13-15(11-18(25)22(21)30-14-17-9-5-6-10-19(17)26)12-20-24(28)31-23(27-20)16-7-3-2-4-8-16/h2-13H,14H2,1H3/b20-12-. The molecule has 4 rings (SSSR count). The van der Waals surface area contributed by atoms with Crippen molar-refractivity contribution in [2.45, 2.75) is 6.61 Å². The normalized spacial score (nSPS) is 14.4. The van der Waals surface area contributed by atoms with E-state index in [1.165, 1.54) is 0 Å². The first-order chi connectivity index (χ1) is 15.0. The molecular weight excluding hydrogens is 573 g/mol. The van der Waals surface area contributed by atoms with Crippen LogP contribution in [0.15, 0.2) is 81.9 Å². The number of aliphatic imine (C=N–C) groups is 1. The minimum atomic E-state index is -0.493. The fourth-order valence-corrected chi connectivity index (χ4v) is 4.12. The van der Waals surface area contributed by atoms with Crippen molar-refractivity contribution in [2.24, 2.45) is 4.99 Å². The van der Waals surface area contributed by atoms with Crippen LogP contribution in [-0.4, -0.2) is 19.0 Å². The van der Waals surface area contributed by atoms with E-state index in [-0.39, 0.29) is 5.70 Å². The van der Waals surface area contributed by atoms with E-state index in [4.69, 9.17) is 14.2 Å². The largest absolute Gasteiger partial charge is 0.493 e. The number of rotatable bonds is 6. The van der Waals surface area contributed by atoms with Crippen LogP contribution in [0.4, 0.5) is 0 Å². The average Bonchev–Trinajstić information content (AvgIpc) is 3.14. The molecule has 0 spiro atoms. The summed E-state index contributed by atoms with van der Waals surface area (Å²) >= 11 is 5.84. The van der Waals surface area contributed by atoms with Gasteiger partial charge in [0.25, 0.3) is 0 Å². The third-order valence-corrected chi connectivity index (χ3v) is 6.17. The van der Waals surface area contributed by atoms with Gasteiger partial charge in [-0.2, -0.15) is 0 Å². The van der Waals surface area contributed by atoms with E-state index in [9.17, 15) is 4.79 Å². The number of hydrogen-bond donors (Lipinski definition) is 0. The van der Waals surface area contributed by atoms with Crippen LogP contribution in [-0.2, 0) is 16.1 Å². The third-order valence-electron chi connectivity index (χ3n) is 4.53. The van der Waals surface area contributed by atoms with Crippen LogP contribution in [0, 0.1) is 3.57 Å². The number of carbonyl (C=O) groups excluding carboxylic acids is 1. The number of esters is 1. The molecule has 156 valence electrons. The zero-order valence-corrected chi connectivity index (χ0v) is 20.2. The molecule has 0 amide bonds. The molecule has 0 bridgehead atoms. The van der Waals surface area contributed by atoms with Gasteiger partial charge in [0, 0.05) is 14.7 Å². The van der Waals surface area contributed by atoms with Gasteiger partial charge in [-0.15, -0.1) is 0 Å². The highest BCUT2D eigenvalue weighted by atomic mass is 127. The Morgan fingerprint density at radius 3 is 2.58 bits per heavy atom. The second-order valence-electron chi connectivity index (χ2n) is 6.62. The lowest BCUT2D eigenvalue weighted by atomic mass is 10.1. The van der Waals surface area contributed by atoms with E-state index in [0.29, 0.717) is 28.5 Å². The van der Waals surface area contributed by atoms with Crippen LogP contribution in [0.5, 0.6) is 11.5 Å². The molecule has 0 saturated carbocycles. The van der Waals surface area contributed by atoms with Crippen molar-refractivity contribution in [3.8, 4) is 11.5 Å². The SMILES string of the molecule is COc1cc(/C=C2\N=C(c3ccccc3)OC2=O)cc(Br)c1OCc1ccccc1I. The Labute approximate surface area is 202 Å². The minimum Gasteiger partial charge on any atom is -0.493 e. The molecule has 1 heterocycles. The van der Waals surface area contributed by atoms with Crippen LogP contribution in [0.1, 0.15) is 16.7 Å². The Kier molecular flexibility index (Phi) is 6.72. The van der Waals surface area contributed by atoms with Gasteiger partial charge in [-0.1, -0.05) is 36.4 Å². The van der Waals surface area contributed by atoms with Crippen molar-refractivity contribution >= 4 is 56.5 Å². The topological polar surface area (TPSA) is 57.1 Å². The van der Waals surface area contributed by atoms with Crippen LogP contribution in [0.3, 0.4) is 0 Å². The molecule has 3 aromatic carbocycles. The van der Waals surface area contributed by atoms with Gasteiger partial charge in [0.05, 0.1) is 11.6 Å². The Morgan fingerprint density at radius 1 is 1.10 bits per heavy atom. The van der Waals surface area contributed by atoms with Crippen molar-refractivity contribution in [3.05, 3.63) is 97.2 Å². The molecule has 31 heavy (non-hydrogen) atoms. The van der Waals surface area contributed by atoms with Gasteiger partial charge in [-0.3, -0.25) is 0 Å². The van der Waals surface area contributed by atoms with Crippen molar-refractivity contribution in [1.29, 1.82) is 0 Å². The molecule has 0 N–H and O–H groups in total. The summed E-state index contributed by atoms with van der Waals surface area (Å²) in [7, 11) is 1.58. The number of cyclic esters (lactones) is 1. The number of halogens is 2. The van der Waals surface area contributed by atoms with Crippen LogP contribution in [0.2, 0.25) is 0 Å². The molecule has 0 saturated heterocycles. The van der Waals surface area contributed by atoms with E-state index in [2.05, 4.69) is 43.5 Å². The fourth-order valence-electron chi connectivity index (χ4n) is 3.00. The molecule has 5 nitrogen and oxygen atoms in total. The summed E-state index contributed by atoms with van der Waals surface area (Å²) in [5, 5.41) is 0. The Balaban J connectivity index is 1.60.